The van der Waals surface area contributed by atoms with E-state index < -0.39 is 21.8 Å². The molecule has 0 spiro atoms. The number of likely N-dealkylation sites (tertiary alicyclic amines) is 1. The lowest BCUT2D eigenvalue weighted by Gasteiger charge is -2.37. The fourth-order valence-electron chi connectivity index (χ4n) is 2.75. The van der Waals surface area contributed by atoms with Crippen LogP contribution in [0.5, 0.6) is 0 Å². The van der Waals surface area contributed by atoms with Gasteiger partial charge in [-0.05, 0) is 59.6 Å². The third-order valence-electron chi connectivity index (χ3n) is 4.03. The van der Waals surface area contributed by atoms with Crippen molar-refractivity contribution in [3.63, 3.8) is 0 Å². The summed E-state index contributed by atoms with van der Waals surface area (Å²) in [6.07, 6.45) is 0.0822. The molecular formula is C18H27NO5S. The molecule has 1 aromatic rings. The van der Waals surface area contributed by atoms with Gasteiger partial charge in [0.1, 0.15) is 5.60 Å². The summed E-state index contributed by atoms with van der Waals surface area (Å²) >= 11 is 0. The number of carbonyl (C=O) groups excluding carboxylic acids is 1. The summed E-state index contributed by atoms with van der Waals surface area (Å²) in [6, 6.07) is 6.42. The summed E-state index contributed by atoms with van der Waals surface area (Å²) in [5, 5.41) is 0. The molecule has 7 heteroatoms. The Bertz CT molecular complexity index is 706. The van der Waals surface area contributed by atoms with Crippen molar-refractivity contribution >= 4 is 16.2 Å². The second-order valence-corrected chi connectivity index (χ2v) is 9.10. The molecule has 0 aliphatic carbocycles. The molecule has 1 saturated heterocycles. The largest absolute Gasteiger partial charge is 0.444 e. The van der Waals surface area contributed by atoms with Crippen LogP contribution in [0.3, 0.4) is 0 Å². The van der Waals surface area contributed by atoms with Crippen LogP contribution >= 0.6 is 0 Å². The van der Waals surface area contributed by atoms with Crippen LogP contribution in [-0.4, -0.2) is 43.7 Å². The van der Waals surface area contributed by atoms with Gasteiger partial charge in [-0.1, -0.05) is 17.7 Å². The maximum absolute atomic E-state index is 12.4. The van der Waals surface area contributed by atoms with Crippen molar-refractivity contribution < 1.29 is 22.1 Å². The second kappa shape index (κ2) is 7.33. The number of rotatable bonds is 3. The summed E-state index contributed by atoms with van der Waals surface area (Å²) < 4.78 is 35.6. The number of benzene rings is 1. The van der Waals surface area contributed by atoms with Crippen LogP contribution in [0.15, 0.2) is 29.2 Å². The number of piperidine rings is 1. The van der Waals surface area contributed by atoms with Crippen molar-refractivity contribution in [1.29, 1.82) is 0 Å². The third kappa shape index (κ3) is 5.44. The second-order valence-electron chi connectivity index (χ2n) is 7.53. The molecule has 140 valence electrons. The van der Waals surface area contributed by atoms with Crippen molar-refractivity contribution in [1.82, 2.24) is 4.90 Å². The van der Waals surface area contributed by atoms with Crippen molar-refractivity contribution in [3.8, 4) is 0 Å². The van der Waals surface area contributed by atoms with Gasteiger partial charge in [0.15, 0.2) is 0 Å². The minimum Gasteiger partial charge on any atom is -0.444 e. The van der Waals surface area contributed by atoms with Gasteiger partial charge < -0.3 is 9.64 Å². The minimum atomic E-state index is -3.80. The van der Waals surface area contributed by atoms with Gasteiger partial charge in [0.25, 0.3) is 10.1 Å². The zero-order valence-electron chi connectivity index (χ0n) is 15.5. The smallest absolute Gasteiger partial charge is 0.410 e. The first-order chi connectivity index (χ1) is 11.5. The summed E-state index contributed by atoms with van der Waals surface area (Å²) in [4.78, 5) is 14.0. The van der Waals surface area contributed by atoms with Crippen molar-refractivity contribution in [2.24, 2.45) is 0 Å². The molecule has 1 aliphatic rings. The molecule has 0 radical (unpaired) electrons. The van der Waals surface area contributed by atoms with Crippen LogP contribution in [0, 0.1) is 6.92 Å². The van der Waals surface area contributed by atoms with E-state index in [1.807, 2.05) is 34.6 Å². The molecule has 25 heavy (non-hydrogen) atoms. The maximum Gasteiger partial charge on any atom is 0.410 e. The van der Waals surface area contributed by atoms with E-state index in [9.17, 15) is 13.2 Å². The van der Waals surface area contributed by atoms with Gasteiger partial charge >= 0.3 is 6.09 Å². The maximum atomic E-state index is 12.4. The lowest BCUT2D eigenvalue weighted by atomic mass is 10.0. The molecule has 1 heterocycles. The summed E-state index contributed by atoms with van der Waals surface area (Å²) in [5.41, 5.74) is 0.428. The molecule has 2 rings (SSSR count). The molecule has 0 aromatic heterocycles. The molecule has 2 unspecified atom stereocenters. The quantitative estimate of drug-likeness (QED) is 0.763. The number of ether oxygens (including phenoxy) is 1. The Balaban J connectivity index is 1.99. The Hall–Kier alpha value is -1.60. The average molecular weight is 369 g/mol. The third-order valence-corrected chi connectivity index (χ3v) is 5.40. The molecule has 0 saturated carbocycles. The van der Waals surface area contributed by atoms with Crippen LogP contribution in [0.4, 0.5) is 4.79 Å². The Morgan fingerprint density at radius 3 is 2.32 bits per heavy atom. The number of hydrogen-bond acceptors (Lipinski definition) is 5. The highest BCUT2D eigenvalue weighted by atomic mass is 32.2. The molecule has 1 aromatic carbocycles. The van der Waals surface area contributed by atoms with E-state index in [2.05, 4.69) is 0 Å². The van der Waals surface area contributed by atoms with E-state index in [0.717, 1.165) is 5.56 Å². The molecular weight excluding hydrogens is 342 g/mol. The molecule has 1 fully saturated rings. The van der Waals surface area contributed by atoms with Crippen LogP contribution in [0.2, 0.25) is 0 Å². The van der Waals surface area contributed by atoms with E-state index in [0.29, 0.717) is 19.4 Å². The van der Waals surface area contributed by atoms with E-state index in [4.69, 9.17) is 8.92 Å². The van der Waals surface area contributed by atoms with Crippen molar-refractivity contribution in [2.45, 2.75) is 70.1 Å². The first kappa shape index (κ1) is 19.7. The predicted molar refractivity (Wildman–Crippen MR) is 94.9 cm³/mol. The number of aryl methyl sites for hydroxylation is 1. The van der Waals surface area contributed by atoms with Gasteiger partial charge in [0, 0.05) is 12.6 Å². The molecule has 0 bridgehead atoms. The first-order valence-electron chi connectivity index (χ1n) is 8.47. The van der Waals surface area contributed by atoms with E-state index in [-0.39, 0.29) is 17.0 Å². The predicted octanol–water partition coefficient (Wildman–Crippen LogP) is 3.49. The van der Waals surface area contributed by atoms with Gasteiger partial charge in [0.05, 0.1) is 11.0 Å². The normalized spacial score (nSPS) is 21.9. The Morgan fingerprint density at radius 2 is 1.80 bits per heavy atom. The molecule has 0 N–H and O–H groups in total. The van der Waals surface area contributed by atoms with Gasteiger partial charge in [-0.3, -0.25) is 4.18 Å². The van der Waals surface area contributed by atoms with Crippen molar-refractivity contribution in [2.75, 3.05) is 6.54 Å². The summed E-state index contributed by atoms with van der Waals surface area (Å²) in [7, 11) is -3.80. The van der Waals surface area contributed by atoms with Gasteiger partial charge in [0.2, 0.25) is 0 Å². The van der Waals surface area contributed by atoms with Gasteiger partial charge in [-0.15, -0.1) is 0 Å². The highest BCUT2D eigenvalue weighted by molar-refractivity contribution is 7.86. The number of hydrogen-bond donors (Lipinski definition) is 0. The fourth-order valence-corrected chi connectivity index (χ4v) is 3.86. The lowest BCUT2D eigenvalue weighted by molar-refractivity contribution is -0.000142. The zero-order valence-corrected chi connectivity index (χ0v) is 16.3. The highest BCUT2D eigenvalue weighted by Gasteiger charge is 2.34. The van der Waals surface area contributed by atoms with Crippen LogP contribution in [0.25, 0.3) is 0 Å². The number of amides is 1. The highest BCUT2D eigenvalue weighted by Crippen LogP contribution is 2.25. The van der Waals surface area contributed by atoms with Crippen LogP contribution in [-0.2, 0) is 19.0 Å². The van der Waals surface area contributed by atoms with Gasteiger partial charge in [-0.25, -0.2) is 4.79 Å². The van der Waals surface area contributed by atoms with Crippen molar-refractivity contribution in [3.05, 3.63) is 29.8 Å². The van der Waals surface area contributed by atoms with Crippen LogP contribution in [0.1, 0.15) is 46.1 Å². The Morgan fingerprint density at radius 1 is 1.20 bits per heavy atom. The fraction of sp³-hybridized carbons (Fsp3) is 0.611. The first-order valence-corrected chi connectivity index (χ1v) is 9.88. The topological polar surface area (TPSA) is 72.9 Å². The monoisotopic (exact) mass is 369 g/mol. The zero-order chi connectivity index (χ0) is 18.8. The number of nitrogens with zero attached hydrogens (tertiary/aromatic N) is 1. The summed E-state index contributed by atoms with van der Waals surface area (Å²) in [6.45, 7) is 9.63. The van der Waals surface area contributed by atoms with Crippen LogP contribution < -0.4 is 0 Å². The molecule has 2 atom stereocenters. The Labute approximate surface area is 150 Å². The molecule has 6 nitrogen and oxygen atoms in total. The molecule has 1 aliphatic heterocycles. The standard InChI is InChI=1S/C18H27NO5S/c1-13-6-8-16(9-7-13)25(21,22)24-15-10-11-19(14(2)12-15)17(20)23-18(3,4)5/h6-9,14-15H,10-12H2,1-5H3. The SMILES string of the molecule is Cc1ccc(S(=O)(=O)OC2CCN(C(=O)OC(C)(C)C)C(C)C2)cc1. The van der Waals surface area contributed by atoms with E-state index in [1.165, 1.54) is 0 Å². The Kier molecular flexibility index (Phi) is 5.79. The lowest BCUT2D eigenvalue weighted by Crippen LogP contribution is -2.48. The minimum absolute atomic E-state index is 0.151. The van der Waals surface area contributed by atoms with E-state index >= 15 is 0 Å². The van der Waals surface area contributed by atoms with Gasteiger partial charge in [-0.2, -0.15) is 8.42 Å². The van der Waals surface area contributed by atoms with E-state index in [1.54, 1.807) is 29.2 Å². The number of carbonyl (C=O) groups is 1. The molecule has 1 amide bonds. The summed E-state index contributed by atoms with van der Waals surface area (Å²) in [5.74, 6) is 0. The average Bonchev–Trinajstić information content (AvgIpc) is 2.45.